The van der Waals surface area contributed by atoms with Crippen LogP contribution in [0, 0.1) is 0 Å². The predicted octanol–water partition coefficient (Wildman–Crippen LogP) is 0.605. The molecule has 0 unspecified atom stereocenters. The quantitative estimate of drug-likeness (QED) is 0.610. The monoisotopic (exact) mass is 241 g/mol. The van der Waals surface area contributed by atoms with Crippen LogP contribution in [0.2, 0.25) is 0 Å². The Labute approximate surface area is 103 Å². The van der Waals surface area contributed by atoms with Gasteiger partial charge in [-0.2, -0.15) is 0 Å². The fraction of sp³-hybridized carbons (Fsp3) is 0.750. The molecule has 1 heterocycles. The van der Waals surface area contributed by atoms with Gasteiger partial charge in [0.2, 0.25) is 0 Å². The lowest BCUT2D eigenvalue weighted by Crippen LogP contribution is -2.21. The minimum Gasteiger partial charge on any atom is -0.382 e. The molecule has 1 aromatic heterocycles. The Balaban J connectivity index is 1.86. The van der Waals surface area contributed by atoms with Gasteiger partial charge in [0.15, 0.2) is 0 Å². The number of rotatable bonds is 10. The highest BCUT2D eigenvalue weighted by molar-refractivity contribution is 4.91. The summed E-state index contributed by atoms with van der Waals surface area (Å²) in [5, 5.41) is 3.38. The van der Waals surface area contributed by atoms with Crippen LogP contribution in [-0.4, -0.2) is 49.6 Å². The maximum Gasteiger partial charge on any atom is 0.109 e. The zero-order chi connectivity index (χ0) is 12.3. The lowest BCUT2D eigenvalue weighted by molar-refractivity contribution is 0.0695. The molecule has 0 saturated carbocycles. The molecule has 1 aromatic rings. The Morgan fingerprint density at radius 3 is 2.88 bits per heavy atom. The normalized spacial score (nSPS) is 10.9. The van der Waals surface area contributed by atoms with Gasteiger partial charge in [-0.25, -0.2) is 4.98 Å². The molecule has 0 amide bonds. The van der Waals surface area contributed by atoms with Crippen LogP contribution in [-0.2, 0) is 22.9 Å². The van der Waals surface area contributed by atoms with Gasteiger partial charge in [0.25, 0.3) is 0 Å². The van der Waals surface area contributed by atoms with Crippen molar-refractivity contribution in [1.82, 2.24) is 14.9 Å². The van der Waals surface area contributed by atoms with Crippen LogP contribution in [0.4, 0.5) is 0 Å². The Hall–Kier alpha value is -0.910. The zero-order valence-electron chi connectivity index (χ0n) is 10.8. The van der Waals surface area contributed by atoms with Gasteiger partial charge in [-0.3, -0.25) is 0 Å². The number of nitrogens with zero attached hydrogens (tertiary/aromatic N) is 2. The van der Waals surface area contributed by atoms with E-state index in [1.165, 1.54) is 0 Å². The van der Waals surface area contributed by atoms with E-state index in [9.17, 15) is 0 Å². The molecular weight excluding hydrogens is 218 g/mol. The smallest absolute Gasteiger partial charge is 0.109 e. The first-order valence-electron chi connectivity index (χ1n) is 6.08. The molecule has 0 aliphatic carbocycles. The number of imidazole rings is 1. The molecule has 1 rings (SSSR count). The Bertz CT molecular complexity index is 289. The van der Waals surface area contributed by atoms with Crippen molar-refractivity contribution >= 4 is 0 Å². The van der Waals surface area contributed by atoms with E-state index in [1.54, 1.807) is 7.11 Å². The van der Waals surface area contributed by atoms with Crippen LogP contribution >= 0.6 is 0 Å². The molecule has 5 heteroatoms. The molecule has 5 nitrogen and oxygen atoms in total. The van der Waals surface area contributed by atoms with E-state index in [-0.39, 0.29) is 0 Å². The summed E-state index contributed by atoms with van der Waals surface area (Å²) in [4.78, 5) is 4.27. The molecule has 17 heavy (non-hydrogen) atoms. The average Bonchev–Trinajstić information content (AvgIpc) is 2.73. The van der Waals surface area contributed by atoms with E-state index in [0.717, 1.165) is 38.4 Å². The van der Waals surface area contributed by atoms with Gasteiger partial charge in [0, 0.05) is 46.1 Å². The van der Waals surface area contributed by atoms with E-state index in [1.807, 2.05) is 19.4 Å². The summed E-state index contributed by atoms with van der Waals surface area (Å²) in [5.41, 5.74) is 0. The first-order valence-corrected chi connectivity index (χ1v) is 6.08. The molecule has 0 saturated heterocycles. The summed E-state index contributed by atoms with van der Waals surface area (Å²) >= 11 is 0. The Kier molecular flexibility index (Phi) is 7.62. The maximum atomic E-state index is 5.36. The van der Waals surface area contributed by atoms with E-state index in [0.29, 0.717) is 13.2 Å². The molecule has 0 fully saturated rings. The van der Waals surface area contributed by atoms with Crippen molar-refractivity contribution in [3.05, 3.63) is 18.2 Å². The maximum absolute atomic E-state index is 5.36. The summed E-state index contributed by atoms with van der Waals surface area (Å²) in [6.07, 6.45) is 5.80. The van der Waals surface area contributed by atoms with Crippen LogP contribution < -0.4 is 5.32 Å². The molecule has 98 valence electrons. The predicted molar refractivity (Wildman–Crippen MR) is 67.1 cm³/mol. The Morgan fingerprint density at radius 2 is 2.18 bits per heavy atom. The zero-order valence-corrected chi connectivity index (χ0v) is 10.8. The summed E-state index contributed by atoms with van der Waals surface area (Å²) in [7, 11) is 3.70. The molecular formula is C12H23N3O2. The number of ether oxygens (including phenoxy) is 2. The summed E-state index contributed by atoms with van der Waals surface area (Å²) in [6, 6.07) is 0. The summed E-state index contributed by atoms with van der Waals surface area (Å²) < 4.78 is 12.3. The third-order valence-corrected chi connectivity index (χ3v) is 2.52. The van der Waals surface area contributed by atoms with Crippen molar-refractivity contribution in [2.24, 2.45) is 7.05 Å². The van der Waals surface area contributed by atoms with Crippen molar-refractivity contribution in [3.63, 3.8) is 0 Å². The second kappa shape index (κ2) is 9.15. The number of aryl methyl sites for hydroxylation is 1. The van der Waals surface area contributed by atoms with Crippen LogP contribution in [0.15, 0.2) is 12.4 Å². The third-order valence-electron chi connectivity index (χ3n) is 2.52. The highest BCUT2D eigenvalue weighted by Gasteiger charge is 1.97. The molecule has 0 spiro atoms. The molecule has 0 aliphatic rings. The largest absolute Gasteiger partial charge is 0.382 e. The molecule has 0 radical (unpaired) electrons. The standard InChI is InChI=1S/C12H23N3O2/c1-15-8-7-14-12(15)4-6-13-5-3-9-17-11-10-16-2/h7-8,13H,3-6,9-11H2,1-2H3. The summed E-state index contributed by atoms with van der Waals surface area (Å²) in [5.74, 6) is 1.12. The molecule has 0 bridgehead atoms. The van der Waals surface area contributed by atoms with Crippen LogP contribution in [0.3, 0.4) is 0 Å². The van der Waals surface area contributed by atoms with Crippen molar-refractivity contribution in [2.45, 2.75) is 12.8 Å². The number of nitrogens with one attached hydrogen (secondary N) is 1. The van der Waals surface area contributed by atoms with Gasteiger partial charge in [-0.05, 0) is 13.0 Å². The van der Waals surface area contributed by atoms with Gasteiger partial charge in [-0.15, -0.1) is 0 Å². The number of hydrogen-bond donors (Lipinski definition) is 1. The average molecular weight is 241 g/mol. The minimum absolute atomic E-state index is 0.673. The Morgan fingerprint density at radius 1 is 1.29 bits per heavy atom. The van der Waals surface area contributed by atoms with Crippen LogP contribution in [0.5, 0.6) is 0 Å². The lowest BCUT2D eigenvalue weighted by atomic mass is 10.3. The second-order valence-corrected chi connectivity index (χ2v) is 3.91. The highest BCUT2D eigenvalue weighted by Crippen LogP contribution is 1.93. The number of methoxy groups -OCH3 is 1. The van der Waals surface area contributed by atoms with E-state index in [4.69, 9.17) is 9.47 Å². The van der Waals surface area contributed by atoms with Gasteiger partial charge >= 0.3 is 0 Å². The topological polar surface area (TPSA) is 48.3 Å². The highest BCUT2D eigenvalue weighted by atomic mass is 16.5. The lowest BCUT2D eigenvalue weighted by Gasteiger charge is -2.06. The molecule has 0 atom stereocenters. The summed E-state index contributed by atoms with van der Waals surface area (Å²) in [6.45, 7) is 4.09. The van der Waals surface area contributed by atoms with E-state index >= 15 is 0 Å². The second-order valence-electron chi connectivity index (χ2n) is 3.91. The van der Waals surface area contributed by atoms with Gasteiger partial charge in [0.1, 0.15) is 5.82 Å². The number of hydrogen-bond acceptors (Lipinski definition) is 4. The van der Waals surface area contributed by atoms with Gasteiger partial charge in [-0.1, -0.05) is 0 Å². The van der Waals surface area contributed by atoms with Crippen LogP contribution in [0.1, 0.15) is 12.2 Å². The van der Waals surface area contributed by atoms with Gasteiger partial charge in [0.05, 0.1) is 13.2 Å². The van der Waals surface area contributed by atoms with Crippen LogP contribution in [0.25, 0.3) is 0 Å². The first kappa shape index (κ1) is 14.2. The fourth-order valence-corrected chi connectivity index (χ4v) is 1.51. The molecule has 0 aliphatic heterocycles. The van der Waals surface area contributed by atoms with E-state index < -0.39 is 0 Å². The SMILES string of the molecule is COCCOCCCNCCc1nccn1C. The first-order chi connectivity index (χ1) is 8.34. The minimum atomic E-state index is 0.673. The van der Waals surface area contributed by atoms with Crippen molar-refractivity contribution in [3.8, 4) is 0 Å². The van der Waals surface area contributed by atoms with Crippen molar-refractivity contribution in [2.75, 3.05) is 40.0 Å². The number of aromatic nitrogens is 2. The van der Waals surface area contributed by atoms with Crippen molar-refractivity contribution in [1.29, 1.82) is 0 Å². The van der Waals surface area contributed by atoms with Crippen molar-refractivity contribution < 1.29 is 9.47 Å². The molecule has 1 N–H and O–H groups in total. The fourth-order valence-electron chi connectivity index (χ4n) is 1.51. The van der Waals surface area contributed by atoms with E-state index in [2.05, 4.69) is 14.9 Å². The third kappa shape index (κ3) is 6.41. The van der Waals surface area contributed by atoms with Gasteiger partial charge < -0.3 is 19.4 Å². The molecule has 0 aromatic carbocycles.